The molecular formula is C26H33N7O2. The number of piperazine rings is 1. The van der Waals surface area contributed by atoms with Gasteiger partial charge in [-0.25, -0.2) is 15.0 Å². The van der Waals surface area contributed by atoms with Crippen molar-refractivity contribution < 1.29 is 9.53 Å². The van der Waals surface area contributed by atoms with Crippen LogP contribution in [0.25, 0.3) is 10.9 Å². The summed E-state index contributed by atoms with van der Waals surface area (Å²) in [5.41, 5.74) is 5.64. The van der Waals surface area contributed by atoms with Crippen LogP contribution < -0.4 is 10.2 Å². The molecule has 0 bridgehead atoms. The predicted molar refractivity (Wildman–Crippen MR) is 136 cm³/mol. The van der Waals surface area contributed by atoms with E-state index in [4.69, 9.17) is 19.7 Å². The van der Waals surface area contributed by atoms with Gasteiger partial charge in [-0.05, 0) is 51.2 Å². The summed E-state index contributed by atoms with van der Waals surface area (Å²) in [5.74, 6) is 1.81. The third-order valence-corrected chi connectivity index (χ3v) is 6.83. The van der Waals surface area contributed by atoms with Crippen molar-refractivity contribution in [2.75, 3.05) is 49.5 Å². The van der Waals surface area contributed by atoms with Gasteiger partial charge in [0, 0.05) is 49.9 Å². The second-order valence-corrected chi connectivity index (χ2v) is 9.29. The molecule has 5 rings (SSSR count). The quantitative estimate of drug-likeness (QED) is 0.516. The van der Waals surface area contributed by atoms with E-state index in [9.17, 15) is 4.79 Å². The van der Waals surface area contributed by atoms with Gasteiger partial charge in [0.25, 0.3) is 0 Å². The Kier molecular flexibility index (Phi) is 6.77. The Morgan fingerprint density at radius 3 is 2.63 bits per heavy atom. The largest absolute Gasteiger partial charge is 0.466 e. The first-order valence-electron chi connectivity index (χ1n) is 12.5. The second-order valence-electron chi connectivity index (χ2n) is 9.29. The SMILES string of the molecule is CCOC(=O)CCN1CCN(c2cc(C)nc(Nc3nc(C)c4ccc5c(c4n3)CCC5)n2)CC1. The number of aromatic nitrogens is 4. The van der Waals surface area contributed by atoms with E-state index in [1.54, 1.807) is 0 Å². The maximum absolute atomic E-state index is 11.7. The maximum atomic E-state index is 11.7. The Hall–Kier alpha value is -3.33. The van der Waals surface area contributed by atoms with Gasteiger partial charge >= 0.3 is 5.97 Å². The van der Waals surface area contributed by atoms with E-state index in [0.29, 0.717) is 24.9 Å². The number of rotatable bonds is 7. The number of nitrogens with one attached hydrogen (secondary N) is 1. The van der Waals surface area contributed by atoms with Crippen LogP contribution in [0.4, 0.5) is 17.7 Å². The highest BCUT2D eigenvalue weighted by molar-refractivity contribution is 5.86. The molecule has 1 fully saturated rings. The molecule has 0 amide bonds. The van der Waals surface area contributed by atoms with Crippen molar-refractivity contribution in [2.45, 2.75) is 46.5 Å². The molecule has 0 unspecified atom stereocenters. The first-order chi connectivity index (χ1) is 17.0. The highest BCUT2D eigenvalue weighted by atomic mass is 16.5. The van der Waals surface area contributed by atoms with Crippen molar-refractivity contribution in [2.24, 2.45) is 0 Å². The van der Waals surface area contributed by atoms with Crippen molar-refractivity contribution in [3.63, 3.8) is 0 Å². The highest BCUT2D eigenvalue weighted by Crippen LogP contribution is 2.30. The summed E-state index contributed by atoms with van der Waals surface area (Å²) in [4.78, 5) is 35.2. The van der Waals surface area contributed by atoms with Crippen LogP contribution in [-0.2, 0) is 22.4 Å². The molecule has 1 N–H and O–H groups in total. The standard InChI is InChI=1S/C26H33N7O2/c1-4-35-23(34)10-11-32-12-14-33(15-13-32)22-16-17(2)27-25(29-22)31-26-28-18(3)20-9-8-19-6-5-7-21(19)24(20)30-26/h8-9,16H,4-7,10-15H2,1-3H3,(H,27,28,29,30,31). The Morgan fingerprint density at radius 2 is 1.83 bits per heavy atom. The van der Waals surface area contributed by atoms with Gasteiger partial charge in [-0.15, -0.1) is 0 Å². The van der Waals surface area contributed by atoms with Gasteiger partial charge in [0.1, 0.15) is 5.82 Å². The number of anilines is 3. The zero-order valence-corrected chi connectivity index (χ0v) is 20.8. The van der Waals surface area contributed by atoms with Crippen LogP contribution in [0.2, 0.25) is 0 Å². The Morgan fingerprint density at radius 1 is 1.03 bits per heavy atom. The molecule has 2 aromatic heterocycles. The van der Waals surface area contributed by atoms with Crippen LogP contribution in [-0.4, -0.2) is 70.1 Å². The van der Waals surface area contributed by atoms with E-state index < -0.39 is 0 Å². The number of carbonyl (C=O) groups is 1. The molecule has 9 nitrogen and oxygen atoms in total. The summed E-state index contributed by atoms with van der Waals surface area (Å²) in [7, 11) is 0. The molecule has 3 heterocycles. The summed E-state index contributed by atoms with van der Waals surface area (Å²) in [6.45, 7) is 10.4. The Balaban J connectivity index is 1.29. The number of ether oxygens (including phenoxy) is 1. The smallest absolute Gasteiger partial charge is 0.307 e. The molecule has 2 aliphatic rings. The molecule has 1 aliphatic carbocycles. The Labute approximate surface area is 205 Å². The summed E-state index contributed by atoms with van der Waals surface area (Å²) in [6.07, 6.45) is 3.81. The fourth-order valence-electron chi connectivity index (χ4n) is 5.03. The van der Waals surface area contributed by atoms with Crippen LogP contribution in [0.1, 0.15) is 42.3 Å². The van der Waals surface area contributed by atoms with E-state index in [1.807, 2.05) is 26.8 Å². The van der Waals surface area contributed by atoms with E-state index in [-0.39, 0.29) is 5.97 Å². The molecule has 1 saturated heterocycles. The van der Waals surface area contributed by atoms with Gasteiger partial charge in [0.2, 0.25) is 11.9 Å². The lowest BCUT2D eigenvalue weighted by atomic mass is 10.0. The van der Waals surface area contributed by atoms with Crippen molar-refractivity contribution in [3.05, 3.63) is 40.7 Å². The van der Waals surface area contributed by atoms with Crippen LogP contribution in [0, 0.1) is 13.8 Å². The molecule has 3 aromatic rings. The van der Waals surface area contributed by atoms with Gasteiger partial charge in [0.05, 0.1) is 24.2 Å². The normalized spacial score (nSPS) is 15.9. The number of esters is 1. The van der Waals surface area contributed by atoms with Crippen LogP contribution >= 0.6 is 0 Å². The summed E-state index contributed by atoms with van der Waals surface area (Å²) in [5, 5.41) is 4.38. The molecule has 9 heteroatoms. The molecular weight excluding hydrogens is 442 g/mol. The summed E-state index contributed by atoms with van der Waals surface area (Å²) in [6, 6.07) is 6.38. The van der Waals surface area contributed by atoms with Gasteiger partial charge < -0.3 is 9.64 Å². The zero-order valence-electron chi connectivity index (χ0n) is 20.8. The third kappa shape index (κ3) is 5.19. The topological polar surface area (TPSA) is 96.4 Å². The molecule has 0 saturated carbocycles. The van der Waals surface area contributed by atoms with E-state index >= 15 is 0 Å². The molecule has 1 aliphatic heterocycles. The van der Waals surface area contributed by atoms with E-state index in [1.165, 1.54) is 17.5 Å². The van der Waals surface area contributed by atoms with Crippen molar-refractivity contribution in [1.29, 1.82) is 0 Å². The van der Waals surface area contributed by atoms with Crippen LogP contribution in [0.15, 0.2) is 18.2 Å². The minimum Gasteiger partial charge on any atom is -0.466 e. The van der Waals surface area contributed by atoms with Crippen molar-refractivity contribution >= 4 is 34.6 Å². The lowest BCUT2D eigenvalue weighted by Gasteiger charge is -2.35. The Bertz CT molecular complexity index is 1240. The summed E-state index contributed by atoms with van der Waals surface area (Å²) < 4.78 is 5.04. The van der Waals surface area contributed by atoms with Gasteiger partial charge in [-0.2, -0.15) is 4.98 Å². The lowest BCUT2D eigenvalue weighted by Crippen LogP contribution is -2.47. The van der Waals surface area contributed by atoms with Crippen LogP contribution in [0.3, 0.4) is 0 Å². The molecule has 1 aromatic carbocycles. The number of carbonyl (C=O) groups excluding carboxylic acids is 1. The predicted octanol–water partition coefficient (Wildman–Crippen LogP) is 3.34. The molecule has 184 valence electrons. The van der Waals surface area contributed by atoms with E-state index in [2.05, 4.69) is 32.2 Å². The average Bonchev–Trinajstić information content (AvgIpc) is 3.33. The summed E-state index contributed by atoms with van der Waals surface area (Å²) >= 11 is 0. The van der Waals surface area contributed by atoms with Crippen molar-refractivity contribution in [1.82, 2.24) is 24.8 Å². The first kappa shape index (κ1) is 23.4. The number of hydrogen-bond donors (Lipinski definition) is 1. The monoisotopic (exact) mass is 475 g/mol. The van der Waals surface area contributed by atoms with Gasteiger partial charge in [0.15, 0.2) is 0 Å². The fraction of sp³-hybridized carbons (Fsp3) is 0.500. The van der Waals surface area contributed by atoms with Gasteiger partial charge in [-0.1, -0.05) is 12.1 Å². The molecule has 0 atom stereocenters. The molecule has 35 heavy (non-hydrogen) atoms. The highest BCUT2D eigenvalue weighted by Gasteiger charge is 2.21. The zero-order chi connectivity index (χ0) is 24.4. The van der Waals surface area contributed by atoms with E-state index in [0.717, 1.165) is 73.7 Å². The number of fused-ring (bicyclic) bond motifs is 3. The maximum Gasteiger partial charge on any atom is 0.307 e. The first-order valence-corrected chi connectivity index (χ1v) is 12.5. The second kappa shape index (κ2) is 10.1. The lowest BCUT2D eigenvalue weighted by molar-refractivity contribution is -0.143. The third-order valence-electron chi connectivity index (χ3n) is 6.83. The minimum absolute atomic E-state index is 0.131. The minimum atomic E-state index is -0.131. The van der Waals surface area contributed by atoms with Crippen molar-refractivity contribution in [3.8, 4) is 0 Å². The van der Waals surface area contributed by atoms with Gasteiger partial charge in [-0.3, -0.25) is 15.0 Å². The molecule has 0 spiro atoms. The number of hydrogen-bond acceptors (Lipinski definition) is 9. The average molecular weight is 476 g/mol. The van der Waals surface area contributed by atoms with Crippen LogP contribution in [0.5, 0.6) is 0 Å². The number of nitrogens with zero attached hydrogens (tertiary/aromatic N) is 6. The number of aryl methyl sites for hydroxylation is 4. The molecule has 0 radical (unpaired) electrons. The number of benzene rings is 1. The fourth-order valence-corrected chi connectivity index (χ4v) is 5.03.